The molecule has 0 aromatic heterocycles. The number of Topliss-reactive ketones (excluding diaryl/α,β-unsaturated/α-hetero) is 1. The van der Waals surface area contributed by atoms with Gasteiger partial charge in [-0.1, -0.05) is 37.5 Å². The maximum Gasteiger partial charge on any atom is 0.410 e. The SMILES string of the molecule is CC(C)(C)OC(=O)N1CCC(=O)CC1.CC(C)(C1(O)CCCCC1)S(=O)(=O)c1cccc(F)c1.CC(C)(S(=O)(=O)c1cccc(F)c1)S(=O)(=O)c1cccc(F)c1. The molecule has 1 heterocycles. The number of aliphatic hydroxyl groups is 1. The molecule has 17 heteroatoms. The molecule has 5 rings (SSSR count). The van der Waals surface area contributed by atoms with Gasteiger partial charge in [-0.25, -0.2) is 43.2 Å². The first-order valence-corrected chi connectivity index (χ1v) is 22.8. The summed E-state index contributed by atoms with van der Waals surface area (Å²) in [7, 11) is -12.7. The fraction of sp³-hybridized carbons (Fsp3) is 0.500. The number of ketones is 1. The lowest BCUT2D eigenvalue weighted by Crippen LogP contribution is -2.55. The van der Waals surface area contributed by atoms with Gasteiger partial charge >= 0.3 is 6.09 Å². The molecular formula is C40H52F3NO10S3. The Bertz CT molecular complexity index is 2160. The molecule has 0 spiro atoms. The average Bonchev–Trinajstić information content (AvgIpc) is 3.12. The number of amides is 1. The second-order valence-electron chi connectivity index (χ2n) is 15.9. The number of hydrogen-bond acceptors (Lipinski definition) is 10. The number of piperidine rings is 1. The number of likely N-dealkylation sites (tertiary alicyclic amines) is 1. The Morgan fingerprint density at radius 1 is 0.649 bits per heavy atom. The third-order valence-electron chi connectivity index (χ3n) is 10.1. The fourth-order valence-electron chi connectivity index (χ4n) is 6.16. The fourth-order valence-corrected chi connectivity index (χ4v) is 11.9. The van der Waals surface area contributed by atoms with Crippen LogP contribution in [0.25, 0.3) is 0 Å². The van der Waals surface area contributed by atoms with Crippen LogP contribution in [0.15, 0.2) is 87.5 Å². The zero-order valence-electron chi connectivity index (χ0n) is 33.2. The topological polar surface area (TPSA) is 169 Å². The molecule has 3 aromatic rings. The van der Waals surface area contributed by atoms with Crippen molar-refractivity contribution in [2.75, 3.05) is 13.1 Å². The molecule has 1 aliphatic carbocycles. The minimum atomic E-state index is -4.43. The van der Waals surface area contributed by atoms with E-state index in [0.29, 0.717) is 38.8 Å². The van der Waals surface area contributed by atoms with Gasteiger partial charge in [0.25, 0.3) is 0 Å². The lowest BCUT2D eigenvalue weighted by molar-refractivity contribution is -0.121. The summed E-state index contributed by atoms with van der Waals surface area (Å²) >= 11 is 0. The molecule has 316 valence electrons. The van der Waals surface area contributed by atoms with Crippen molar-refractivity contribution < 1.29 is 57.9 Å². The van der Waals surface area contributed by atoms with E-state index in [0.717, 1.165) is 75.6 Å². The van der Waals surface area contributed by atoms with E-state index in [2.05, 4.69) is 0 Å². The van der Waals surface area contributed by atoms with Gasteiger partial charge in [0.15, 0.2) is 33.6 Å². The minimum Gasteiger partial charge on any atom is -0.444 e. The quantitative estimate of drug-likeness (QED) is 0.250. The summed E-state index contributed by atoms with van der Waals surface area (Å²) in [5.74, 6) is -1.96. The van der Waals surface area contributed by atoms with Crippen molar-refractivity contribution in [2.24, 2.45) is 0 Å². The highest BCUT2D eigenvalue weighted by Crippen LogP contribution is 2.43. The zero-order chi connectivity index (χ0) is 43.3. The molecule has 2 aliphatic rings. The highest BCUT2D eigenvalue weighted by molar-refractivity contribution is 8.10. The van der Waals surface area contributed by atoms with Gasteiger partial charge in [0.05, 0.1) is 25.0 Å². The van der Waals surface area contributed by atoms with Gasteiger partial charge in [-0.3, -0.25) is 4.79 Å². The summed E-state index contributed by atoms with van der Waals surface area (Å²) in [6.45, 7) is 11.6. The van der Waals surface area contributed by atoms with Gasteiger partial charge in [-0.05, 0) is 116 Å². The van der Waals surface area contributed by atoms with E-state index in [1.54, 1.807) is 18.7 Å². The van der Waals surface area contributed by atoms with Gasteiger partial charge in [-0.15, -0.1) is 0 Å². The van der Waals surface area contributed by atoms with Crippen molar-refractivity contribution >= 4 is 41.4 Å². The first kappa shape index (κ1) is 47.6. The van der Waals surface area contributed by atoms with Gasteiger partial charge in [0, 0.05) is 25.9 Å². The van der Waals surface area contributed by atoms with E-state index < -0.39 is 76.8 Å². The summed E-state index contributed by atoms with van der Waals surface area (Å²) < 4.78 is 118. The van der Waals surface area contributed by atoms with E-state index >= 15 is 0 Å². The van der Waals surface area contributed by atoms with Crippen LogP contribution in [-0.2, 0) is 39.0 Å². The van der Waals surface area contributed by atoms with Crippen LogP contribution < -0.4 is 0 Å². The van der Waals surface area contributed by atoms with Crippen molar-refractivity contribution in [2.45, 2.75) is 128 Å². The monoisotopic (exact) mass is 859 g/mol. The summed E-state index contributed by atoms with van der Waals surface area (Å²) in [6, 6.07) is 13.2. The maximum absolute atomic E-state index is 13.3. The Hall–Kier alpha value is -3.80. The third kappa shape index (κ3) is 11.0. The Labute approximate surface area is 334 Å². The number of rotatable bonds is 7. The Kier molecular flexibility index (Phi) is 15.0. The van der Waals surface area contributed by atoms with E-state index in [9.17, 15) is 53.1 Å². The van der Waals surface area contributed by atoms with Crippen LogP contribution in [0.1, 0.15) is 93.4 Å². The molecule has 1 saturated heterocycles. The Morgan fingerprint density at radius 2 is 1.02 bits per heavy atom. The molecule has 0 unspecified atom stereocenters. The van der Waals surface area contributed by atoms with Gasteiger partial charge in [0.2, 0.25) is 0 Å². The number of sulfone groups is 3. The van der Waals surface area contributed by atoms with Crippen molar-refractivity contribution in [1.82, 2.24) is 4.90 Å². The normalized spacial score (nSPS) is 16.7. The number of carbonyl (C=O) groups is 2. The molecule has 57 heavy (non-hydrogen) atoms. The molecule has 11 nitrogen and oxygen atoms in total. The number of nitrogens with zero attached hydrogens (tertiary/aromatic N) is 1. The van der Waals surface area contributed by atoms with Crippen molar-refractivity contribution in [3.8, 4) is 0 Å². The summed E-state index contributed by atoms with van der Waals surface area (Å²) in [5.41, 5.74) is -1.71. The summed E-state index contributed by atoms with van der Waals surface area (Å²) in [5, 5.41) is 10.8. The highest BCUT2D eigenvalue weighted by atomic mass is 32.3. The summed E-state index contributed by atoms with van der Waals surface area (Å²) in [6.07, 6.45) is 4.18. The standard InChI is InChI=1S/C15H14F2O4S2.C15H21FO3S.C10H17NO3/c1-15(2,22(18,19)13-7-3-5-11(16)9-13)23(20,21)14-8-4-6-12(17)10-14;1-14(2,15(17)9-4-3-5-10-15)20(18,19)13-8-6-7-12(16)11-13;1-10(2,3)14-9(13)11-6-4-8(12)5-7-11/h3-10H,1-2H3;6-8,11,17H,3-5,9-10H2,1-2H3;4-7H2,1-3H3. The second kappa shape index (κ2) is 18.0. The van der Waals surface area contributed by atoms with Crippen LogP contribution in [0.5, 0.6) is 0 Å². The van der Waals surface area contributed by atoms with E-state index in [4.69, 9.17) is 4.74 Å². The lowest BCUT2D eigenvalue weighted by Gasteiger charge is -2.44. The van der Waals surface area contributed by atoms with Crippen LogP contribution in [0.2, 0.25) is 0 Å². The molecule has 1 N–H and O–H groups in total. The number of ether oxygens (including phenoxy) is 1. The van der Waals surface area contributed by atoms with Crippen LogP contribution in [0, 0.1) is 17.5 Å². The number of carbonyl (C=O) groups excluding carboxylic acids is 2. The Morgan fingerprint density at radius 3 is 1.37 bits per heavy atom. The smallest absolute Gasteiger partial charge is 0.410 e. The van der Waals surface area contributed by atoms with Crippen LogP contribution >= 0.6 is 0 Å². The third-order valence-corrected chi connectivity index (χ3v) is 18.3. The van der Waals surface area contributed by atoms with E-state index in [1.807, 2.05) is 20.8 Å². The maximum atomic E-state index is 13.3. The zero-order valence-corrected chi connectivity index (χ0v) is 35.7. The lowest BCUT2D eigenvalue weighted by atomic mass is 9.76. The van der Waals surface area contributed by atoms with Crippen molar-refractivity contribution in [3.05, 3.63) is 90.2 Å². The molecule has 3 aromatic carbocycles. The number of benzene rings is 3. The minimum absolute atomic E-state index is 0.0681. The van der Waals surface area contributed by atoms with Gasteiger partial charge in [0.1, 0.15) is 28.8 Å². The number of halogens is 3. The molecule has 0 radical (unpaired) electrons. The predicted molar refractivity (Wildman–Crippen MR) is 209 cm³/mol. The molecule has 1 amide bonds. The second-order valence-corrected chi connectivity index (χ2v) is 23.6. The van der Waals surface area contributed by atoms with Gasteiger partial charge < -0.3 is 14.7 Å². The molecule has 1 aliphatic heterocycles. The highest BCUT2D eigenvalue weighted by Gasteiger charge is 2.53. The molecule has 1 saturated carbocycles. The van der Waals surface area contributed by atoms with Crippen LogP contribution in [-0.4, -0.2) is 80.3 Å². The average molecular weight is 860 g/mol. The van der Waals surface area contributed by atoms with Gasteiger partial charge in [-0.2, -0.15) is 0 Å². The molecule has 0 atom stereocenters. The summed E-state index contributed by atoms with van der Waals surface area (Å²) in [4.78, 5) is 23.1. The molecule has 2 fully saturated rings. The first-order chi connectivity index (χ1) is 26.1. The number of hydrogen-bond donors (Lipinski definition) is 1. The Balaban J connectivity index is 0.000000236. The first-order valence-electron chi connectivity index (χ1n) is 18.3. The van der Waals surface area contributed by atoms with Crippen LogP contribution in [0.3, 0.4) is 0 Å². The largest absolute Gasteiger partial charge is 0.444 e. The molecular weight excluding hydrogens is 808 g/mol. The molecule has 0 bridgehead atoms. The predicted octanol–water partition coefficient (Wildman–Crippen LogP) is 7.61. The van der Waals surface area contributed by atoms with Crippen molar-refractivity contribution in [1.29, 1.82) is 0 Å². The van der Waals surface area contributed by atoms with E-state index in [-0.39, 0.29) is 16.8 Å². The van der Waals surface area contributed by atoms with Crippen LogP contribution in [0.4, 0.5) is 18.0 Å². The van der Waals surface area contributed by atoms with E-state index in [1.165, 1.54) is 30.3 Å². The van der Waals surface area contributed by atoms with Crippen molar-refractivity contribution in [3.63, 3.8) is 0 Å².